The van der Waals surface area contributed by atoms with Gasteiger partial charge in [-0.15, -0.1) is 0 Å². The van der Waals surface area contributed by atoms with Crippen molar-refractivity contribution in [3.63, 3.8) is 0 Å². The van der Waals surface area contributed by atoms with Crippen LogP contribution in [0.25, 0.3) is 0 Å². The lowest BCUT2D eigenvalue weighted by molar-refractivity contribution is -0.118. The highest BCUT2D eigenvalue weighted by atomic mass is 16.6. The van der Waals surface area contributed by atoms with Gasteiger partial charge in [0.1, 0.15) is 24.5 Å². The Balaban J connectivity index is 1.47. The van der Waals surface area contributed by atoms with Crippen LogP contribution in [0.5, 0.6) is 17.2 Å². The first kappa shape index (κ1) is 20.8. The highest BCUT2D eigenvalue weighted by molar-refractivity contribution is 5.96. The number of ether oxygens (including phenoxy) is 3. The second-order valence-corrected chi connectivity index (χ2v) is 7.17. The van der Waals surface area contributed by atoms with E-state index in [2.05, 4.69) is 10.6 Å². The number of benzene rings is 3. The average Bonchev–Trinajstić information content (AvgIpc) is 2.81. The molecule has 6 nitrogen and oxygen atoms in total. The van der Waals surface area contributed by atoms with E-state index in [1.54, 1.807) is 0 Å². The van der Waals surface area contributed by atoms with Gasteiger partial charge < -0.3 is 19.5 Å². The van der Waals surface area contributed by atoms with Crippen LogP contribution in [0.3, 0.4) is 0 Å². The second kappa shape index (κ2) is 10.00. The lowest BCUT2D eigenvalue weighted by Gasteiger charge is -2.28. The van der Waals surface area contributed by atoms with Crippen molar-refractivity contribution < 1.29 is 19.0 Å². The predicted molar refractivity (Wildman–Crippen MR) is 120 cm³/mol. The van der Waals surface area contributed by atoms with E-state index in [0.717, 1.165) is 11.3 Å². The van der Waals surface area contributed by atoms with Crippen molar-refractivity contribution >= 4 is 11.6 Å². The van der Waals surface area contributed by atoms with Crippen molar-refractivity contribution in [1.82, 2.24) is 5.32 Å². The zero-order valence-electron chi connectivity index (χ0n) is 17.4. The van der Waals surface area contributed by atoms with Crippen molar-refractivity contribution in [2.45, 2.75) is 19.1 Å². The molecule has 1 aliphatic rings. The Bertz CT molecular complexity index is 1010. The molecule has 31 heavy (non-hydrogen) atoms. The fraction of sp³-hybridized carbons (Fsp3) is 0.240. The van der Waals surface area contributed by atoms with Gasteiger partial charge in [-0.05, 0) is 36.8 Å². The maximum Gasteiger partial charge on any atom is 0.246 e. The summed E-state index contributed by atoms with van der Waals surface area (Å²) in [4.78, 5) is 13.2. The number of hydrogen-bond donors (Lipinski definition) is 2. The molecule has 0 fully saturated rings. The highest BCUT2D eigenvalue weighted by Gasteiger charge is 2.25. The summed E-state index contributed by atoms with van der Waals surface area (Å²) >= 11 is 0. The highest BCUT2D eigenvalue weighted by Crippen LogP contribution is 2.31. The van der Waals surface area contributed by atoms with Crippen LogP contribution in [0, 0.1) is 0 Å². The third-order valence-electron chi connectivity index (χ3n) is 4.96. The largest absolute Gasteiger partial charge is 0.492 e. The van der Waals surface area contributed by atoms with Gasteiger partial charge in [0.15, 0.2) is 11.5 Å². The van der Waals surface area contributed by atoms with Crippen molar-refractivity contribution in [2.75, 3.05) is 25.1 Å². The van der Waals surface area contributed by atoms with Gasteiger partial charge in [0.25, 0.3) is 0 Å². The monoisotopic (exact) mass is 418 g/mol. The molecule has 0 unspecified atom stereocenters. The maximum absolute atomic E-state index is 13.2. The first-order valence-electron chi connectivity index (χ1n) is 10.4. The molecule has 0 aliphatic carbocycles. The van der Waals surface area contributed by atoms with Gasteiger partial charge >= 0.3 is 0 Å². The van der Waals surface area contributed by atoms with Crippen molar-refractivity contribution in [1.29, 1.82) is 0 Å². The fourth-order valence-corrected chi connectivity index (χ4v) is 3.48. The number of hydrogen-bond acceptors (Lipinski definition) is 5. The average molecular weight is 418 g/mol. The molecule has 0 radical (unpaired) electrons. The molecule has 2 atom stereocenters. The fourth-order valence-electron chi connectivity index (χ4n) is 3.48. The molecule has 4 rings (SSSR count). The van der Waals surface area contributed by atoms with E-state index in [-0.39, 0.29) is 12.0 Å². The number of carbonyl (C=O) groups is 1. The van der Waals surface area contributed by atoms with E-state index >= 15 is 0 Å². The summed E-state index contributed by atoms with van der Waals surface area (Å²) in [7, 11) is 0. The number of anilines is 1. The molecule has 0 aromatic heterocycles. The molecule has 6 heteroatoms. The molecule has 3 aromatic rings. The van der Waals surface area contributed by atoms with E-state index in [0.29, 0.717) is 36.9 Å². The standard InChI is InChI=1S/C25H26N2O4/c1-2-29-21-13-7-6-12-20(21)27-25(28)24(18-10-4-3-5-11-18)26-16-19-17-30-22-14-8-9-15-23(22)31-19/h3-15,19,24,26H,2,16-17H2,1H3,(H,27,28)/t19-,24-/m0/s1. The smallest absolute Gasteiger partial charge is 0.246 e. The topological polar surface area (TPSA) is 68.8 Å². The molecule has 1 aliphatic heterocycles. The minimum atomic E-state index is -0.559. The molecule has 3 aromatic carbocycles. The molecule has 0 bridgehead atoms. The Hall–Kier alpha value is -3.51. The summed E-state index contributed by atoms with van der Waals surface area (Å²) in [6.07, 6.45) is -0.204. The first-order valence-corrected chi connectivity index (χ1v) is 10.4. The van der Waals surface area contributed by atoms with Crippen LogP contribution in [0.2, 0.25) is 0 Å². The van der Waals surface area contributed by atoms with Crippen LogP contribution in [0.15, 0.2) is 78.9 Å². The van der Waals surface area contributed by atoms with Crippen LogP contribution in [-0.4, -0.2) is 31.8 Å². The van der Waals surface area contributed by atoms with Crippen molar-refractivity contribution in [3.8, 4) is 17.2 Å². The molecule has 0 spiro atoms. The molecular formula is C25H26N2O4. The Kier molecular flexibility index (Phi) is 6.69. The van der Waals surface area contributed by atoms with Gasteiger partial charge in [-0.2, -0.15) is 0 Å². The number of carbonyl (C=O) groups excluding carboxylic acids is 1. The van der Waals surface area contributed by atoms with Crippen molar-refractivity contribution in [3.05, 3.63) is 84.4 Å². The van der Waals surface area contributed by atoms with Gasteiger partial charge in [0.05, 0.1) is 12.3 Å². The van der Waals surface area contributed by atoms with Crippen LogP contribution in [0.4, 0.5) is 5.69 Å². The van der Waals surface area contributed by atoms with Gasteiger partial charge in [0, 0.05) is 6.54 Å². The third kappa shape index (κ3) is 5.16. The van der Waals surface area contributed by atoms with Gasteiger partial charge in [-0.25, -0.2) is 0 Å². The van der Waals surface area contributed by atoms with E-state index in [9.17, 15) is 4.79 Å². The van der Waals surface area contributed by atoms with E-state index in [1.165, 1.54) is 0 Å². The van der Waals surface area contributed by atoms with Crippen LogP contribution in [0.1, 0.15) is 18.5 Å². The number of para-hydroxylation sites is 4. The summed E-state index contributed by atoms with van der Waals surface area (Å²) in [6.45, 7) is 3.31. The molecule has 0 saturated carbocycles. The summed E-state index contributed by atoms with van der Waals surface area (Å²) < 4.78 is 17.5. The summed E-state index contributed by atoms with van der Waals surface area (Å²) in [6, 6.07) is 24.1. The Morgan fingerprint density at radius 2 is 1.71 bits per heavy atom. The number of fused-ring (bicyclic) bond motifs is 1. The van der Waals surface area contributed by atoms with Crippen LogP contribution in [-0.2, 0) is 4.79 Å². The number of amides is 1. The van der Waals surface area contributed by atoms with Gasteiger partial charge in [0.2, 0.25) is 5.91 Å². The van der Waals surface area contributed by atoms with E-state index in [4.69, 9.17) is 14.2 Å². The zero-order chi connectivity index (χ0) is 21.5. The Morgan fingerprint density at radius 1 is 1.00 bits per heavy atom. The molecular weight excluding hydrogens is 392 g/mol. The summed E-state index contributed by atoms with van der Waals surface area (Å²) in [5.41, 5.74) is 1.51. The lowest BCUT2D eigenvalue weighted by atomic mass is 10.1. The molecule has 0 saturated heterocycles. The van der Waals surface area contributed by atoms with Crippen LogP contribution < -0.4 is 24.8 Å². The minimum absolute atomic E-state index is 0.171. The normalized spacial score (nSPS) is 15.7. The van der Waals surface area contributed by atoms with E-state index in [1.807, 2.05) is 85.8 Å². The lowest BCUT2D eigenvalue weighted by Crippen LogP contribution is -2.42. The van der Waals surface area contributed by atoms with Crippen LogP contribution >= 0.6 is 0 Å². The zero-order valence-corrected chi connectivity index (χ0v) is 17.4. The number of nitrogens with one attached hydrogen (secondary N) is 2. The quantitative estimate of drug-likeness (QED) is 0.574. The Labute approximate surface area is 182 Å². The van der Waals surface area contributed by atoms with Gasteiger partial charge in [-0.3, -0.25) is 10.1 Å². The van der Waals surface area contributed by atoms with Gasteiger partial charge in [-0.1, -0.05) is 54.6 Å². The minimum Gasteiger partial charge on any atom is -0.492 e. The maximum atomic E-state index is 13.2. The summed E-state index contributed by atoms with van der Waals surface area (Å²) in [5, 5.41) is 6.35. The second-order valence-electron chi connectivity index (χ2n) is 7.17. The molecule has 160 valence electrons. The first-order chi connectivity index (χ1) is 15.2. The number of rotatable bonds is 8. The summed E-state index contributed by atoms with van der Waals surface area (Å²) in [5.74, 6) is 1.93. The molecule has 2 N–H and O–H groups in total. The molecule has 1 heterocycles. The SMILES string of the molecule is CCOc1ccccc1NC(=O)[C@@H](NC[C@H]1COc2ccccc2O1)c1ccccc1. The molecule has 1 amide bonds. The Morgan fingerprint density at radius 3 is 2.52 bits per heavy atom. The van der Waals surface area contributed by atoms with E-state index < -0.39 is 6.04 Å². The predicted octanol–water partition coefficient (Wildman–Crippen LogP) is 4.19. The van der Waals surface area contributed by atoms with Crippen molar-refractivity contribution in [2.24, 2.45) is 0 Å². The third-order valence-corrected chi connectivity index (χ3v) is 4.96.